The summed E-state index contributed by atoms with van der Waals surface area (Å²) in [5.74, 6) is 0.255. The molecular weight excluding hydrogens is 335 g/mol. The number of nitrogens with one attached hydrogen (secondary N) is 1. The van der Waals surface area contributed by atoms with E-state index in [0.717, 1.165) is 28.2 Å². The molecule has 0 fully saturated rings. The van der Waals surface area contributed by atoms with Crippen LogP contribution >= 0.6 is 0 Å². The Kier molecular flexibility index (Phi) is 4.88. The molecule has 7 heteroatoms. The van der Waals surface area contributed by atoms with Crippen LogP contribution in [0, 0.1) is 26.6 Å². The van der Waals surface area contributed by atoms with E-state index in [-0.39, 0.29) is 24.2 Å². The fourth-order valence-electron chi connectivity index (χ4n) is 2.98. The van der Waals surface area contributed by atoms with Crippen molar-refractivity contribution in [2.45, 2.75) is 40.2 Å². The molecule has 2 aromatic heterocycles. The summed E-state index contributed by atoms with van der Waals surface area (Å²) < 4.78 is 19.9. The molecule has 1 atom stereocenters. The van der Waals surface area contributed by atoms with Gasteiger partial charge < -0.3 is 9.84 Å². The Morgan fingerprint density at radius 3 is 2.58 bits per heavy atom. The van der Waals surface area contributed by atoms with Gasteiger partial charge in [0.15, 0.2) is 0 Å². The number of hydrogen-bond acceptors (Lipinski definition) is 4. The van der Waals surface area contributed by atoms with Gasteiger partial charge in [-0.25, -0.2) is 9.07 Å². The molecule has 3 rings (SSSR count). The van der Waals surface area contributed by atoms with Gasteiger partial charge in [-0.15, -0.1) is 0 Å². The van der Waals surface area contributed by atoms with Crippen LogP contribution in [0.25, 0.3) is 5.69 Å². The molecule has 0 aliphatic rings. The van der Waals surface area contributed by atoms with E-state index in [0.29, 0.717) is 5.76 Å². The number of amides is 1. The third-order valence-electron chi connectivity index (χ3n) is 4.48. The summed E-state index contributed by atoms with van der Waals surface area (Å²) in [6.07, 6.45) is 1.94. The van der Waals surface area contributed by atoms with Crippen molar-refractivity contribution in [3.05, 3.63) is 64.6 Å². The van der Waals surface area contributed by atoms with Crippen molar-refractivity contribution in [3.8, 4) is 5.69 Å². The molecule has 1 unspecified atom stereocenters. The van der Waals surface area contributed by atoms with Gasteiger partial charge in [0.1, 0.15) is 11.6 Å². The van der Waals surface area contributed by atoms with Crippen LogP contribution in [0.2, 0.25) is 0 Å². The zero-order chi connectivity index (χ0) is 18.8. The van der Waals surface area contributed by atoms with E-state index in [1.807, 2.05) is 20.8 Å². The molecule has 3 aromatic rings. The Balaban J connectivity index is 1.73. The van der Waals surface area contributed by atoms with E-state index in [2.05, 4.69) is 15.6 Å². The van der Waals surface area contributed by atoms with Gasteiger partial charge in [0.25, 0.3) is 0 Å². The number of aryl methyl sites for hydroxylation is 2. The molecule has 0 saturated carbocycles. The molecule has 0 bridgehead atoms. The minimum atomic E-state index is -0.293. The summed E-state index contributed by atoms with van der Waals surface area (Å²) in [5, 5.41) is 11.2. The first-order valence-corrected chi connectivity index (χ1v) is 8.38. The van der Waals surface area contributed by atoms with E-state index in [1.165, 1.54) is 12.1 Å². The maximum absolute atomic E-state index is 13.1. The van der Waals surface area contributed by atoms with Crippen LogP contribution in [0.5, 0.6) is 0 Å². The predicted octanol–water partition coefficient (Wildman–Crippen LogP) is 3.34. The number of aromatic nitrogens is 3. The normalized spacial score (nSPS) is 12.2. The number of halogens is 1. The second-order valence-corrected chi connectivity index (χ2v) is 6.34. The third-order valence-corrected chi connectivity index (χ3v) is 4.48. The van der Waals surface area contributed by atoms with Crippen LogP contribution in [-0.2, 0) is 11.2 Å². The quantitative estimate of drug-likeness (QED) is 0.761. The van der Waals surface area contributed by atoms with Gasteiger partial charge >= 0.3 is 0 Å². The first kappa shape index (κ1) is 17.8. The van der Waals surface area contributed by atoms with Crippen molar-refractivity contribution in [1.82, 2.24) is 20.3 Å². The molecule has 2 heterocycles. The second-order valence-electron chi connectivity index (χ2n) is 6.34. The van der Waals surface area contributed by atoms with Crippen LogP contribution < -0.4 is 5.32 Å². The fourth-order valence-corrected chi connectivity index (χ4v) is 2.98. The molecule has 136 valence electrons. The van der Waals surface area contributed by atoms with Crippen molar-refractivity contribution in [1.29, 1.82) is 0 Å². The van der Waals surface area contributed by atoms with Crippen molar-refractivity contribution in [2.24, 2.45) is 0 Å². The molecular formula is C19H21FN4O2. The van der Waals surface area contributed by atoms with Gasteiger partial charge in [0, 0.05) is 16.8 Å². The molecule has 1 aromatic carbocycles. The number of carbonyl (C=O) groups excluding carboxylic acids is 1. The lowest BCUT2D eigenvalue weighted by molar-refractivity contribution is -0.121. The van der Waals surface area contributed by atoms with E-state index in [1.54, 1.807) is 29.9 Å². The molecule has 0 saturated heterocycles. The highest BCUT2D eigenvalue weighted by Gasteiger charge is 2.19. The molecule has 1 amide bonds. The van der Waals surface area contributed by atoms with Crippen LogP contribution in [0.3, 0.4) is 0 Å². The SMILES string of the molecule is Cc1noc(C)c1CC(=O)NC(C)c1cnn(-c2ccc(F)cc2)c1C. The van der Waals surface area contributed by atoms with Gasteiger partial charge in [-0.05, 0) is 52.0 Å². The first-order valence-electron chi connectivity index (χ1n) is 8.38. The van der Waals surface area contributed by atoms with Crippen LogP contribution in [0.1, 0.15) is 41.2 Å². The average Bonchev–Trinajstić information content (AvgIpc) is 3.13. The Labute approximate surface area is 151 Å². The molecule has 0 aliphatic heterocycles. The van der Waals surface area contributed by atoms with Crippen molar-refractivity contribution in [2.75, 3.05) is 0 Å². The summed E-state index contributed by atoms with van der Waals surface area (Å²) in [6, 6.07) is 5.91. The molecule has 0 spiro atoms. The minimum absolute atomic E-state index is 0.110. The summed E-state index contributed by atoms with van der Waals surface area (Å²) in [7, 11) is 0. The van der Waals surface area contributed by atoms with Crippen molar-refractivity contribution in [3.63, 3.8) is 0 Å². The van der Waals surface area contributed by atoms with Gasteiger partial charge in [0.2, 0.25) is 5.91 Å². The second kappa shape index (κ2) is 7.11. The van der Waals surface area contributed by atoms with Crippen LogP contribution in [-0.4, -0.2) is 20.8 Å². The zero-order valence-corrected chi connectivity index (χ0v) is 15.2. The summed E-state index contributed by atoms with van der Waals surface area (Å²) in [5.41, 5.74) is 4.10. The monoisotopic (exact) mass is 356 g/mol. The number of rotatable bonds is 5. The molecule has 1 N–H and O–H groups in total. The van der Waals surface area contributed by atoms with E-state index in [4.69, 9.17) is 4.52 Å². The van der Waals surface area contributed by atoms with Crippen LogP contribution in [0.4, 0.5) is 4.39 Å². The Hall–Kier alpha value is -2.96. The Bertz CT molecular complexity index is 908. The molecule has 6 nitrogen and oxygen atoms in total. The van der Waals surface area contributed by atoms with Crippen molar-refractivity contribution < 1.29 is 13.7 Å². The molecule has 0 radical (unpaired) electrons. The van der Waals surface area contributed by atoms with E-state index >= 15 is 0 Å². The van der Waals surface area contributed by atoms with Gasteiger partial charge in [-0.2, -0.15) is 5.10 Å². The largest absolute Gasteiger partial charge is 0.361 e. The summed E-state index contributed by atoms with van der Waals surface area (Å²) >= 11 is 0. The maximum Gasteiger partial charge on any atom is 0.225 e. The summed E-state index contributed by atoms with van der Waals surface area (Å²) in [6.45, 7) is 7.44. The van der Waals surface area contributed by atoms with E-state index < -0.39 is 0 Å². The number of hydrogen-bond donors (Lipinski definition) is 1. The van der Waals surface area contributed by atoms with Gasteiger partial charge in [0.05, 0.1) is 30.0 Å². The Morgan fingerprint density at radius 1 is 1.27 bits per heavy atom. The fraction of sp³-hybridized carbons (Fsp3) is 0.316. The van der Waals surface area contributed by atoms with Crippen LogP contribution in [0.15, 0.2) is 35.0 Å². The lowest BCUT2D eigenvalue weighted by atomic mass is 10.1. The number of nitrogens with zero attached hydrogens (tertiary/aromatic N) is 3. The highest BCUT2D eigenvalue weighted by molar-refractivity contribution is 5.79. The highest BCUT2D eigenvalue weighted by atomic mass is 19.1. The molecule has 26 heavy (non-hydrogen) atoms. The average molecular weight is 356 g/mol. The maximum atomic E-state index is 13.1. The predicted molar refractivity (Wildman–Crippen MR) is 94.5 cm³/mol. The smallest absolute Gasteiger partial charge is 0.225 e. The Morgan fingerprint density at radius 2 is 1.96 bits per heavy atom. The summed E-state index contributed by atoms with van der Waals surface area (Å²) in [4.78, 5) is 12.4. The third kappa shape index (κ3) is 3.51. The number of carbonyl (C=O) groups is 1. The topological polar surface area (TPSA) is 73.0 Å². The zero-order valence-electron chi connectivity index (χ0n) is 15.2. The van der Waals surface area contributed by atoms with E-state index in [9.17, 15) is 9.18 Å². The van der Waals surface area contributed by atoms with Gasteiger partial charge in [-0.3, -0.25) is 4.79 Å². The lowest BCUT2D eigenvalue weighted by Crippen LogP contribution is -2.28. The highest BCUT2D eigenvalue weighted by Crippen LogP contribution is 2.21. The number of benzene rings is 1. The first-order chi connectivity index (χ1) is 12.4. The van der Waals surface area contributed by atoms with Crippen molar-refractivity contribution >= 4 is 5.91 Å². The lowest BCUT2D eigenvalue weighted by Gasteiger charge is -2.14. The molecule has 0 aliphatic carbocycles. The minimum Gasteiger partial charge on any atom is -0.361 e. The standard InChI is InChI=1S/C19H21FN4O2/c1-11(22-19(25)9-17-12(2)23-26-14(17)4)18-10-21-24(13(18)3)16-7-5-15(20)6-8-16/h5-8,10-11H,9H2,1-4H3,(H,22,25). The van der Waals surface area contributed by atoms with Gasteiger partial charge in [-0.1, -0.05) is 5.16 Å².